The van der Waals surface area contributed by atoms with Crippen molar-refractivity contribution in [2.75, 3.05) is 19.7 Å². The summed E-state index contributed by atoms with van der Waals surface area (Å²) >= 11 is 0. The van der Waals surface area contributed by atoms with Gasteiger partial charge >= 0.3 is 5.97 Å². The zero-order chi connectivity index (χ0) is 12.5. The Kier molecular flexibility index (Phi) is 6.24. The quantitative estimate of drug-likeness (QED) is 0.522. The fourth-order valence-electron chi connectivity index (χ4n) is 1.27. The highest BCUT2D eigenvalue weighted by Gasteiger charge is 2.02. The first-order chi connectivity index (χ1) is 8.22. The smallest absolute Gasteiger partial charge is 0.319 e. The molecule has 0 bridgehead atoms. The highest BCUT2D eigenvalue weighted by molar-refractivity contribution is 5.71. The van der Waals surface area contributed by atoms with Gasteiger partial charge in [-0.05, 0) is 6.42 Å². The molecule has 6 nitrogen and oxygen atoms in total. The van der Waals surface area contributed by atoms with Gasteiger partial charge in [0.05, 0.1) is 13.2 Å². The largest absolute Gasteiger partial charge is 0.465 e. The minimum absolute atomic E-state index is 0.201. The maximum absolute atomic E-state index is 11.2. The van der Waals surface area contributed by atoms with Gasteiger partial charge in [0.15, 0.2) is 5.82 Å². The molecule has 17 heavy (non-hydrogen) atoms. The summed E-state index contributed by atoms with van der Waals surface area (Å²) in [5, 5.41) is 7.14. The van der Waals surface area contributed by atoms with Crippen LogP contribution in [0.2, 0.25) is 0 Å². The summed E-state index contributed by atoms with van der Waals surface area (Å²) in [5.41, 5.74) is 0. The van der Waals surface area contributed by atoms with Crippen LogP contribution < -0.4 is 5.32 Å². The SMILES string of the molecule is CCCCOC(=O)CNCCc1ncn(C)n1. The second kappa shape index (κ2) is 7.78. The molecule has 0 fully saturated rings. The highest BCUT2D eigenvalue weighted by Crippen LogP contribution is 1.89. The Morgan fingerprint density at radius 1 is 1.59 bits per heavy atom. The summed E-state index contributed by atoms with van der Waals surface area (Å²) < 4.78 is 6.66. The summed E-state index contributed by atoms with van der Waals surface area (Å²) in [4.78, 5) is 15.3. The molecule has 0 amide bonds. The van der Waals surface area contributed by atoms with E-state index in [0.29, 0.717) is 19.6 Å². The molecule has 1 heterocycles. The average Bonchev–Trinajstić information content (AvgIpc) is 2.71. The molecule has 0 aliphatic carbocycles. The van der Waals surface area contributed by atoms with Gasteiger partial charge < -0.3 is 10.1 Å². The van der Waals surface area contributed by atoms with Crippen LogP contribution >= 0.6 is 0 Å². The number of carbonyl (C=O) groups excluding carboxylic acids is 1. The first-order valence-electron chi connectivity index (χ1n) is 5.93. The molecule has 6 heteroatoms. The maximum atomic E-state index is 11.2. The number of nitrogens with zero attached hydrogens (tertiary/aromatic N) is 3. The first-order valence-corrected chi connectivity index (χ1v) is 5.93. The second-order valence-electron chi connectivity index (χ2n) is 3.84. The molecule has 1 aromatic heterocycles. The Morgan fingerprint density at radius 3 is 3.06 bits per heavy atom. The Labute approximate surface area is 101 Å². The van der Waals surface area contributed by atoms with Crippen LogP contribution in [0.5, 0.6) is 0 Å². The Hall–Kier alpha value is -1.43. The van der Waals surface area contributed by atoms with Gasteiger partial charge in [-0.1, -0.05) is 13.3 Å². The molecule has 1 N–H and O–H groups in total. The van der Waals surface area contributed by atoms with Crippen molar-refractivity contribution < 1.29 is 9.53 Å². The number of unbranched alkanes of at least 4 members (excludes halogenated alkanes) is 1. The summed E-state index contributed by atoms with van der Waals surface area (Å²) in [7, 11) is 1.83. The third kappa shape index (κ3) is 6.01. The van der Waals surface area contributed by atoms with Crippen LogP contribution in [0, 0.1) is 0 Å². The third-order valence-corrected chi connectivity index (χ3v) is 2.20. The van der Waals surface area contributed by atoms with Crippen molar-refractivity contribution in [3.8, 4) is 0 Å². The molecule has 0 aliphatic rings. The summed E-state index contributed by atoms with van der Waals surface area (Å²) in [6.45, 7) is 3.49. The normalized spacial score (nSPS) is 10.5. The Balaban J connectivity index is 2.02. The van der Waals surface area contributed by atoms with Gasteiger partial charge in [-0.15, -0.1) is 0 Å². The van der Waals surface area contributed by atoms with Crippen LogP contribution in [0.3, 0.4) is 0 Å². The average molecular weight is 240 g/mol. The monoisotopic (exact) mass is 240 g/mol. The van der Waals surface area contributed by atoms with Crippen LogP contribution in [-0.4, -0.2) is 40.4 Å². The fraction of sp³-hybridized carbons (Fsp3) is 0.727. The third-order valence-electron chi connectivity index (χ3n) is 2.20. The van der Waals surface area contributed by atoms with E-state index in [1.165, 1.54) is 0 Å². The maximum Gasteiger partial charge on any atom is 0.319 e. The van der Waals surface area contributed by atoms with Crippen molar-refractivity contribution in [2.24, 2.45) is 7.05 Å². The van der Waals surface area contributed by atoms with Crippen molar-refractivity contribution in [2.45, 2.75) is 26.2 Å². The van der Waals surface area contributed by atoms with Crippen LogP contribution in [0.1, 0.15) is 25.6 Å². The van der Waals surface area contributed by atoms with Gasteiger partial charge in [0.25, 0.3) is 0 Å². The molecule has 96 valence electrons. The predicted molar refractivity (Wildman–Crippen MR) is 63.4 cm³/mol. The zero-order valence-electron chi connectivity index (χ0n) is 10.5. The number of ether oxygens (including phenoxy) is 1. The van der Waals surface area contributed by atoms with Gasteiger partial charge in [-0.25, -0.2) is 4.98 Å². The van der Waals surface area contributed by atoms with Gasteiger partial charge in [-0.3, -0.25) is 9.48 Å². The second-order valence-corrected chi connectivity index (χ2v) is 3.84. The lowest BCUT2D eigenvalue weighted by molar-refractivity contribution is -0.142. The lowest BCUT2D eigenvalue weighted by Gasteiger charge is -2.04. The van der Waals surface area contributed by atoms with Gasteiger partial charge in [0, 0.05) is 20.0 Å². The van der Waals surface area contributed by atoms with E-state index in [0.717, 1.165) is 18.7 Å². The van der Waals surface area contributed by atoms with Crippen molar-refractivity contribution in [3.05, 3.63) is 12.2 Å². The summed E-state index contributed by atoms with van der Waals surface area (Å²) in [6, 6.07) is 0. The van der Waals surface area contributed by atoms with Crippen LogP contribution in [0.4, 0.5) is 0 Å². The molecule has 0 aliphatic heterocycles. The number of carbonyl (C=O) groups is 1. The number of aromatic nitrogens is 3. The van der Waals surface area contributed by atoms with Crippen LogP contribution in [0.25, 0.3) is 0 Å². The van der Waals surface area contributed by atoms with E-state index in [1.54, 1.807) is 11.0 Å². The Bertz CT molecular complexity index is 338. The van der Waals surface area contributed by atoms with Gasteiger partial charge in [0.1, 0.15) is 6.33 Å². The van der Waals surface area contributed by atoms with Crippen LogP contribution in [-0.2, 0) is 23.0 Å². The molecule has 0 spiro atoms. The number of esters is 1. The molecular weight excluding hydrogens is 220 g/mol. The lowest BCUT2D eigenvalue weighted by atomic mass is 10.4. The van der Waals surface area contributed by atoms with Crippen molar-refractivity contribution in [3.63, 3.8) is 0 Å². The predicted octanol–water partition coefficient (Wildman–Crippen LogP) is 0.290. The number of rotatable bonds is 8. The van der Waals surface area contributed by atoms with E-state index in [4.69, 9.17) is 4.74 Å². The summed E-state index contributed by atoms with van der Waals surface area (Å²) in [5.74, 6) is 0.576. The lowest BCUT2D eigenvalue weighted by Crippen LogP contribution is -2.27. The molecule has 0 aromatic carbocycles. The molecule has 0 unspecified atom stereocenters. The molecule has 0 radical (unpaired) electrons. The Morgan fingerprint density at radius 2 is 2.41 bits per heavy atom. The number of hydrogen-bond acceptors (Lipinski definition) is 5. The van der Waals surface area contributed by atoms with E-state index >= 15 is 0 Å². The van der Waals surface area contributed by atoms with E-state index < -0.39 is 0 Å². The molecule has 1 aromatic rings. The minimum atomic E-state index is -0.201. The molecule has 0 saturated carbocycles. The number of aryl methyl sites for hydroxylation is 1. The van der Waals surface area contributed by atoms with E-state index in [9.17, 15) is 4.79 Å². The fourth-order valence-corrected chi connectivity index (χ4v) is 1.27. The number of nitrogens with one attached hydrogen (secondary N) is 1. The summed E-state index contributed by atoms with van der Waals surface area (Å²) in [6.07, 6.45) is 4.33. The zero-order valence-corrected chi connectivity index (χ0v) is 10.5. The minimum Gasteiger partial charge on any atom is -0.465 e. The van der Waals surface area contributed by atoms with Gasteiger partial charge in [0.2, 0.25) is 0 Å². The van der Waals surface area contributed by atoms with Crippen molar-refractivity contribution >= 4 is 5.97 Å². The first kappa shape index (κ1) is 13.6. The standard InChI is InChI=1S/C11H20N4O2/c1-3-4-7-17-11(16)8-12-6-5-10-13-9-15(2)14-10/h9,12H,3-8H2,1-2H3. The van der Waals surface area contributed by atoms with E-state index in [-0.39, 0.29) is 12.5 Å². The van der Waals surface area contributed by atoms with Gasteiger partial charge in [-0.2, -0.15) is 5.10 Å². The number of hydrogen-bond donors (Lipinski definition) is 1. The van der Waals surface area contributed by atoms with E-state index in [2.05, 4.69) is 22.3 Å². The molecule has 0 saturated heterocycles. The van der Waals surface area contributed by atoms with E-state index in [1.807, 2.05) is 7.05 Å². The highest BCUT2D eigenvalue weighted by atomic mass is 16.5. The van der Waals surface area contributed by atoms with Crippen LogP contribution in [0.15, 0.2) is 6.33 Å². The molecule has 1 rings (SSSR count). The van der Waals surface area contributed by atoms with Crippen molar-refractivity contribution in [1.82, 2.24) is 20.1 Å². The van der Waals surface area contributed by atoms with Crippen molar-refractivity contribution in [1.29, 1.82) is 0 Å². The topological polar surface area (TPSA) is 69.0 Å². The molecule has 0 atom stereocenters. The molecular formula is C11H20N4O2.